The number of anilines is 1. The first kappa shape index (κ1) is 22.7. The molecule has 7 nitrogen and oxygen atoms in total. The van der Waals surface area contributed by atoms with Crippen molar-refractivity contribution in [3.05, 3.63) is 63.2 Å². The Hall–Kier alpha value is -2.62. The summed E-state index contributed by atoms with van der Waals surface area (Å²) >= 11 is 2.06. The predicted molar refractivity (Wildman–Crippen MR) is 118 cm³/mol. The van der Waals surface area contributed by atoms with E-state index in [2.05, 4.69) is 33.2 Å². The van der Waals surface area contributed by atoms with Crippen LogP contribution in [0.15, 0.2) is 48.5 Å². The summed E-state index contributed by atoms with van der Waals surface area (Å²) in [5.74, 6) is -4.64. The maximum Gasteiger partial charge on any atom is 0.327 e. The number of benzene rings is 2. The summed E-state index contributed by atoms with van der Waals surface area (Å²) in [6, 6.07) is 12.4. The van der Waals surface area contributed by atoms with Crippen molar-refractivity contribution < 1.29 is 24.6 Å². The minimum absolute atomic E-state index is 0.0170. The lowest BCUT2D eigenvalue weighted by Gasteiger charge is -2.23. The van der Waals surface area contributed by atoms with Gasteiger partial charge in [0, 0.05) is 15.3 Å². The number of hydrogen-bond acceptors (Lipinski definition) is 4. The highest BCUT2D eigenvalue weighted by atomic mass is 127. The van der Waals surface area contributed by atoms with E-state index in [1.54, 1.807) is 42.5 Å². The van der Waals surface area contributed by atoms with Crippen LogP contribution in [0.3, 0.4) is 0 Å². The Bertz CT molecular complexity index is 886. The number of carboxylic acid groups (broad SMARTS) is 2. The van der Waals surface area contributed by atoms with Gasteiger partial charge in [-0.1, -0.05) is 30.3 Å². The molecule has 0 aliphatic carbocycles. The second kappa shape index (κ2) is 10.2. The van der Waals surface area contributed by atoms with Crippen molar-refractivity contribution in [2.24, 2.45) is 5.92 Å². The molecule has 0 aliphatic rings. The van der Waals surface area contributed by atoms with Crippen LogP contribution in [0.1, 0.15) is 29.8 Å². The van der Waals surface area contributed by atoms with Crippen LogP contribution in [0.2, 0.25) is 0 Å². The van der Waals surface area contributed by atoms with E-state index in [9.17, 15) is 24.6 Å². The Balaban J connectivity index is 2.31. The van der Waals surface area contributed by atoms with E-state index < -0.39 is 29.8 Å². The monoisotopic (exact) mass is 510 g/mol. The molecule has 0 fully saturated rings. The van der Waals surface area contributed by atoms with Crippen molar-refractivity contribution >= 4 is 46.1 Å². The number of aliphatic carboxylic acids is 2. The summed E-state index contributed by atoms with van der Waals surface area (Å²) in [6.45, 7) is 3.83. The molecule has 0 radical (unpaired) electrons. The van der Waals surface area contributed by atoms with Gasteiger partial charge in [0.15, 0.2) is 0 Å². The van der Waals surface area contributed by atoms with Gasteiger partial charge in [-0.25, -0.2) is 4.79 Å². The molecule has 0 aliphatic heterocycles. The molecule has 0 saturated carbocycles. The lowest BCUT2D eigenvalue weighted by atomic mass is 9.91. The molecule has 0 bridgehead atoms. The van der Waals surface area contributed by atoms with Crippen molar-refractivity contribution in [3.8, 4) is 0 Å². The van der Waals surface area contributed by atoms with Crippen LogP contribution in [-0.4, -0.2) is 40.1 Å². The molecule has 154 valence electrons. The van der Waals surface area contributed by atoms with Crippen LogP contribution in [-0.2, 0) is 16.0 Å². The molecule has 2 aromatic carbocycles. The average molecular weight is 510 g/mol. The first-order valence-corrected chi connectivity index (χ1v) is 10.1. The zero-order chi connectivity index (χ0) is 21.6. The fourth-order valence-corrected chi connectivity index (χ4v) is 3.40. The summed E-state index contributed by atoms with van der Waals surface area (Å²) in [4.78, 5) is 36.5. The number of nitrogens with one attached hydrogen (secondary N) is 2. The standard InChI is InChI=1S/C21H23IN2O5/c1-12(2)23-17-9-8-14(22)11-15(17)19(25)24-18(21(28)29)16(20(26)27)10-13-6-4-3-5-7-13/h3-9,11-12,16,18,23H,10H2,1-2H3,(H,24,25)(H,26,27)(H,28,29)/t16?,18-/m0/s1. The Labute approximate surface area is 182 Å². The highest BCUT2D eigenvalue weighted by Crippen LogP contribution is 2.21. The van der Waals surface area contributed by atoms with Crippen molar-refractivity contribution in [2.45, 2.75) is 32.4 Å². The minimum atomic E-state index is -1.58. The van der Waals surface area contributed by atoms with E-state index in [1.807, 2.05) is 19.9 Å². The van der Waals surface area contributed by atoms with E-state index in [-0.39, 0.29) is 18.0 Å². The average Bonchev–Trinajstić information content (AvgIpc) is 2.65. The van der Waals surface area contributed by atoms with E-state index in [1.165, 1.54) is 0 Å². The van der Waals surface area contributed by atoms with Crippen molar-refractivity contribution in [3.63, 3.8) is 0 Å². The van der Waals surface area contributed by atoms with Crippen LogP contribution in [0, 0.1) is 9.49 Å². The smallest absolute Gasteiger partial charge is 0.327 e. The second-order valence-corrected chi connectivity index (χ2v) is 8.16. The third-order valence-electron chi connectivity index (χ3n) is 4.24. The fourth-order valence-electron chi connectivity index (χ4n) is 2.91. The van der Waals surface area contributed by atoms with E-state index in [4.69, 9.17) is 0 Å². The molecule has 2 rings (SSSR count). The molecular weight excluding hydrogens is 487 g/mol. The summed E-state index contributed by atoms with van der Waals surface area (Å²) in [6.07, 6.45) is -0.0170. The van der Waals surface area contributed by atoms with Crippen LogP contribution in [0.4, 0.5) is 5.69 Å². The van der Waals surface area contributed by atoms with Gasteiger partial charge in [-0.3, -0.25) is 9.59 Å². The molecule has 0 heterocycles. The number of hydrogen-bond donors (Lipinski definition) is 4. The highest BCUT2D eigenvalue weighted by molar-refractivity contribution is 14.1. The SMILES string of the molecule is CC(C)Nc1ccc(I)cc1C(=O)N[C@H](C(=O)O)C(Cc1ccccc1)C(=O)O. The molecule has 29 heavy (non-hydrogen) atoms. The third kappa shape index (κ3) is 6.45. The van der Waals surface area contributed by atoms with E-state index >= 15 is 0 Å². The van der Waals surface area contributed by atoms with Crippen LogP contribution in [0.5, 0.6) is 0 Å². The molecule has 2 aromatic rings. The molecule has 0 aromatic heterocycles. The zero-order valence-electron chi connectivity index (χ0n) is 16.1. The lowest BCUT2D eigenvalue weighted by molar-refractivity contribution is -0.150. The van der Waals surface area contributed by atoms with Gasteiger partial charge in [0.25, 0.3) is 5.91 Å². The maximum atomic E-state index is 12.9. The second-order valence-electron chi connectivity index (χ2n) is 6.91. The number of carbonyl (C=O) groups is 3. The lowest BCUT2D eigenvalue weighted by Crippen LogP contribution is -2.49. The Morgan fingerprint density at radius 2 is 1.66 bits per heavy atom. The van der Waals surface area contributed by atoms with Crippen molar-refractivity contribution in [2.75, 3.05) is 5.32 Å². The molecule has 1 unspecified atom stereocenters. The van der Waals surface area contributed by atoms with Gasteiger partial charge in [0.05, 0.1) is 11.5 Å². The van der Waals surface area contributed by atoms with Gasteiger partial charge in [0.1, 0.15) is 6.04 Å². The number of carbonyl (C=O) groups excluding carboxylic acids is 1. The number of amides is 1. The minimum Gasteiger partial charge on any atom is -0.481 e. The van der Waals surface area contributed by atoms with Gasteiger partial charge in [0.2, 0.25) is 0 Å². The summed E-state index contributed by atoms with van der Waals surface area (Å²) in [5, 5.41) is 24.8. The zero-order valence-corrected chi connectivity index (χ0v) is 18.2. The molecular formula is C21H23IN2O5. The van der Waals surface area contributed by atoms with Crippen LogP contribution < -0.4 is 10.6 Å². The number of halogens is 1. The Kier molecular flexibility index (Phi) is 8.00. The van der Waals surface area contributed by atoms with Gasteiger partial charge in [-0.2, -0.15) is 0 Å². The van der Waals surface area contributed by atoms with E-state index in [0.29, 0.717) is 11.3 Å². The first-order valence-electron chi connectivity index (χ1n) is 9.05. The maximum absolute atomic E-state index is 12.9. The third-order valence-corrected chi connectivity index (χ3v) is 4.91. The molecule has 8 heteroatoms. The normalized spacial score (nSPS) is 12.8. The first-order chi connectivity index (χ1) is 13.7. The van der Waals surface area contributed by atoms with E-state index in [0.717, 1.165) is 3.57 Å². The highest BCUT2D eigenvalue weighted by Gasteiger charge is 2.35. The summed E-state index contributed by atoms with van der Waals surface area (Å²) in [5.41, 5.74) is 1.49. The number of rotatable bonds is 9. The fraction of sp³-hybridized carbons (Fsp3) is 0.286. The summed E-state index contributed by atoms with van der Waals surface area (Å²) < 4.78 is 0.799. The Morgan fingerprint density at radius 1 is 1.00 bits per heavy atom. The van der Waals surface area contributed by atoms with Crippen LogP contribution >= 0.6 is 22.6 Å². The molecule has 1 amide bonds. The van der Waals surface area contributed by atoms with Gasteiger partial charge < -0.3 is 20.8 Å². The summed E-state index contributed by atoms with van der Waals surface area (Å²) in [7, 11) is 0. The molecule has 2 atom stereocenters. The topological polar surface area (TPSA) is 116 Å². The van der Waals surface area contributed by atoms with Gasteiger partial charge in [-0.05, 0) is 66.6 Å². The number of carboxylic acids is 2. The molecule has 0 saturated heterocycles. The largest absolute Gasteiger partial charge is 0.481 e. The van der Waals surface area contributed by atoms with Crippen LogP contribution in [0.25, 0.3) is 0 Å². The van der Waals surface area contributed by atoms with Crippen molar-refractivity contribution in [1.82, 2.24) is 5.32 Å². The quantitative estimate of drug-likeness (QED) is 0.385. The molecule has 0 spiro atoms. The Morgan fingerprint density at radius 3 is 2.21 bits per heavy atom. The van der Waals surface area contributed by atoms with Crippen molar-refractivity contribution in [1.29, 1.82) is 0 Å². The molecule has 4 N–H and O–H groups in total. The predicted octanol–water partition coefficient (Wildman–Crippen LogP) is 3.24. The van der Waals surface area contributed by atoms with Gasteiger partial charge >= 0.3 is 11.9 Å². The van der Waals surface area contributed by atoms with Gasteiger partial charge in [-0.15, -0.1) is 0 Å².